The van der Waals surface area contributed by atoms with Gasteiger partial charge in [0, 0.05) is 13.1 Å². The third-order valence-electron chi connectivity index (χ3n) is 4.32. The number of pyridine rings is 1. The highest BCUT2D eigenvalue weighted by Crippen LogP contribution is 2.28. The molecule has 0 atom stereocenters. The van der Waals surface area contributed by atoms with Crippen molar-refractivity contribution in [1.82, 2.24) is 14.1 Å². The van der Waals surface area contributed by atoms with Gasteiger partial charge in [-0.25, -0.2) is 4.79 Å². The Hall–Kier alpha value is -3.55. The maximum Gasteiger partial charge on any atom is 0.534 e. The van der Waals surface area contributed by atoms with Crippen molar-refractivity contribution >= 4 is 21.2 Å². The molecule has 0 unspecified atom stereocenters. The molecule has 0 fully saturated rings. The Bertz CT molecular complexity index is 1440. The molecule has 1 N–H and O–H groups in total. The van der Waals surface area contributed by atoms with E-state index in [2.05, 4.69) is 9.17 Å². The standard InChI is InChI=1S/C17H14F3N3O7S/c1-22-12(24)7-11(30-31(27,28)17(18,19)20)13-14(22)21-16(26)23(15(13)25)8-9-3-5-10(29-2)6-4-9/h3-7H,8H2,1-2H3,(H,21,26). The summed E-state index contributed by atoms with van der Waals surface area (Å²) in [5.74, 6) is -0.647. The van der Waals surface area contributed by atoms with E-state index in [9.17, 15) is 36.0 Å². The monoisotopic (exact) mass is 461 g/mol. The number of methoxy groups -OCH3 is 1. The van der Waals surface area contributed by atoms with Crippen LogP contribution in [0.3, 0.4) is 0 Å². The number of nitrogens with zero attached hydrogens (tertiary/aromatic N) is 2. The smallest absolute Gasteiger partial charge is 0.497 e. The van der Waals surface area contributed by atoms with Crippen LogP contribution in [0.1, 0.15) is 5.56 Å². The van der Waals surface area contributed by atoms with E-state index in [0.29, 0.717) is 21.9 Å². The molecule has 0 radical (unpaired) electrons. The molecule has 0 spiro atoms. The summed E-state index contributed by atoms with van der Waals surface area (Å²) in [5, 5.41) is -0.719. The lowest BCUT2D eigenvalue weighted by molar-refractivity contribution is -0.0499. The number of ether oxygens (including phenoxy) is 1. The van der Waals surface area contributed by atoms with Crippen LogP contribution in [0, 0.1) is 0 Å². The molecule has 0 saturated heterocycles. The zero-order chi connectivity index (χ0) is 23.1. The molecule has 1 aromatic carbocycles. The summed E-state index contributed by atoms with van der Waals surface area (Å²) < 4.78 is 71.5. The van der Waals surface area contributed by atoms with Crippen molar-refractivity contribution in [2.24, 2.45) is 7.05 Å². The van der Waals surface area contributed by atoms with Crippen molar-refractivity contribution in [3.05, 3.63) is 67.1 Å². The highest BCUT2D eigenvalue weighted by Gasteiger charge is 2.49. The van der Waals surface area contributed by atoms with Crippen LogP contribution in [0.25, 0.3) is 11.0 Å². The molecule has 0 bridgehead atoms. The van der Waals surface area contributed by atoms with E-state index in [1.807, 2.05) is 0 Å². The summed E-state index contributed by atoms with van der Waals surface area (Å²) in [6.07, 6.45) is 0. The summed E-state index contributed by atoms with van der Waals surface area (Å²) in [5.41, 5.74) is -8.98. The van der Waals surface area contributed by atoms with Crippen molar-refractivity contribution in [2.45, 2.75) is 12.1 Å². The molecule has 0 aliphatic carbocycles. The highest BCUT2D eigenvalue weighted by molar-refractivity contribution is 7.88. The number of benzene rings is 1. The summed E-state index contributed by atoms with van der Waals surface area (Å²) in [6, 6.07) is 6.62. The van der Waals surface area contributed by atoms with E-state index in [0.717, 1.165) is 11.6 Å². The van der Waals surface area contributed by atoms with Crippen LogP contribution in [0.5, 0.6) is 11.5 Å². The number of aromatic nitrogens is 3. The molecule has 10 nitrogen and oxygen atoms in total. The van der Waals surface area contributed by atoms with Crippen LogP contribution in [0.4, 0.5) is 13.2 Å². The molecule has 2 aromatic heterocycles. The fourth-order valence-electron chi connectivity index (χ4n) is 2.71. The van der Waals surface area contributed by atoms with Gasteiger partial charge in [-0.2, -0.15) is 21.6 Å². The first-order valence-corrected chi connectivity index (χ1v) is 9.77. The minimum atomic E-state index is -6.18. The number of hydrogen-bond acceptors (Lipinski definition) is 7. The number of rotatable bonds is 5. The fourth-order valence-corrected chi connectivity index (χ4v) is 3.18. The second-order valence-electron chi connectivity index (χ2n) is 6.28. The van der Waals surface area contributed by atoms with Crippen LogP contribution < -0.4 is 25.7 Å². The Balaban J connectivity index is 2.25. The first-order valence-electron chi connectivity index (χ1n) is 8.36. The third kappa shape index (κ3) is 4.05. The molecule has 14 heteroatoms. The maximum atomic E-state index is 12.9. The third-order valence-corrected chi connectivity index (χ3v) is 5.28. The fraction of sp³-hybridized carbons (Fsp3) is 0.235. The van der Waals surface area contributed by atoms with E-state index < -0.39 is 49.2 Å². The van der Waals surface area contributed by atoms with Gasteiger partial charge in [0.15, 0.2) is 5.75 Å². The van der Waals surface area contributed by atoms with Crippen molar-refractivity contribution in [2.75, 3.05) is 7.11 Å². The largest absolute Gasteiger partial charge is 0.534 e. The second-order valence-corrected chi connectivity index (χ2v) is 7.82. The Morgan fingerprint density at radius 3 is 2.26 bits per heavy atom. The summed E-state index contributed by atoms with van der Waals surface area (Å²) >= 11 is 0. The van der Waals surface area contributed by atoms with Gasteiger partial charge in [0.05, 0.1) is 13.7 Å². The van der Waals surface area contributed by atoms with E-state index in [1.54, 1.807) is 24.3 Å². The molecule has 166 valence electrons. The predicted molar refractivity (Wildman–Crippen MR) is 102 cm³/mol. The van der Waals surface area contributed by atoms with Crippen LogP contribution in [0.2, 0.25) is 0 Å². The molecule has 0 saturated carbocycles. The van der Waals surface area contributed by atoms with Crippen molar-refractivity contribution in [3.8, 4) is 11.5 Å². The van der Waals surface area contributed by atoms with Gasteiger partial charge in [0.25, 0.3) is 11.1 Å². The van der Waals surface area contributed by atoms with Crippen molar-refractivity contribution in [3.63, 3.8) is 0 Å². The number of halogens is 3. The van der Waals surface area contributed by atoms with Crippen molar-refractivity contribution < 1.29 is 30.5 Å². The number of H-pyrrole nitrogens is 1. The Morgan fingerprint density at radius 1 is 1.10 bits per heavy atom. The number of fused-ring (bicyclic) bond motifs is 1. The number of aryl methyl sites for hydroxylation is 1. The Kier molecular flexibility index (Phi) is 5.43. The number of alkyl halides is 3. The zero-order valence-electron chi connectivity index (χ0n) is 15.9. The summed E-state index contributed by atoms with van der Waals surface area (Å²) in [6.45, 7) is -0.303. The summed E-state index contributed by atoms with van der Waals surface area (Å²) in [4.78, 5) is 39.6. The first kappa shape index (κ1) is 22.1. The Morgan fingerprint density at radius 2 is 1.71 bits per heavy atom. The minimum Gasteiger partial charge on any atom is -0.497 e. The van der Waals surface area contributed by atoms with Gasteiger partial charge < -0.3 is 8.92 Å². The van der Waals surface area contributed by atoms with Gasteiger partial charge in [0.2, 0.25) is 0 Å². The lowest BCUT2D eigenvalue weighted by atomic mass is 10.2. The number of nitrogens with one attached hydrogen (secondary N) is 1. The molecule has 0 amide bonds. The first-order chi connectivity index (χ1) is 14.4. The van der Waals surface area contributed by atoms with E-state index in [-0.39, 0.29) is 6.54 Å². The normalized spacial score (nSPS) is 12.2. The quantitative estimate of drug-likeness (QED) is 0.437. The number of aromatic amines is 1. The van der Waals surface area contributed by atoms with Crippen LogP contribution in [-0.2, 0) is 23.7 Å². The Labute approximate surface area is 171 Å². The average Bonchev–Trinajstić information content (AvgIpc) is 2.68. The lowest BCUT2D eigenvalue weighted by Crippen LogP contribution is -2.38. The molecule has 2 heterocycles. The summed E-state index contributed by atoms with van der Waals surface area (Å²) in [7, 11) is -3.61. The SMILES string of the molecule is COc1ccc(Cn2c(=O)[nH]c3c(c(OS(=O)(=O)C(F)(F)F)cc(=O)n3C)c2=O)cc1. The predicted octanol–water partition coefficient (Wildman–Crippen LogP) is 0.674. The minimum absolute atomic E-state index is 0.303. The van der Waals surface area contributed by atoms with Crippen LogP contribution in [0.15, 0.2) is 44.7 Å². The van der Waals surface area contributed by atoms with Gasteiger partial charge in [-0.3, -0.25) is 23.7 Å². The molecule has 3 aromatic rings. The highest BCUT2D eigenvalue weighted by atomic mass is 32.2. The molecule has 31 heavy (non-hydrogen) atoms. The van der Waals surface area contributed by atoms with Gasteiger partial charge in [-0.1, -0.05) is 12.1 Å². The molecular weight excluding hydrogens is 447 g/mol. The lowest BCUT2D eigenvalue weighted by Gasteiger charge is -2.14. The van der Waals surface area contributed by atoms with Crippen LogP contribution >= 0.6 is 0 Å². The topological polar surface area (TPSA) is 129 Å². The van der Waals surface area contributed by atoms with E-state index in [4.69, 9.17) is 4.74 Å². The van der Waals surface area contributed by atoms with E-state index >= 15 is 0 Å². The van der Waals surface area contributed by atoms with Gasteiger partial charge >= 0.3 is 21.3 Å². The molecular formula is C17H14F3N3O7S. The molecule has 3 rings (SSSR count). The van der Waals surface area contributed by atoms with Gasteiger partial charge in [-0.05, 0) is 17.7 Å². The average molecular weight is 461 g/mol. The maximum absolute atomic E-state index is 12.9. The van der Waals surface area contributed by atoms with Gasteiger partial charge in [-0.15, -0.1) is 0 Å². The van der Waals surface area contributed by atoms with Crippen molar-refractivity contribution in [1.29, 1.82) is 0 Å². The zero-order valence-corrected chi connectivity index (χ0v) is 16.7. The van der Waals surface area contributed by atoms with E-state index in [1.165, 1.54) is 7.11 Å². The number of hydrogen-bond donors (Lipinski definition) is 1. The molecule has 0 aliphatic rings. The second kappa shape index (κ2) is 7.61. The van der Waals surface area contributed by atoms with Gasteiger partial charge in [0.1, 0.15) is 16.8 Å². The molecule has 0 aliphatic heterocycles. The van der Waals surface area contributed by atoms with Crippen LogP contribution in [-0.4, -0.2) is 35.2 Å².